The molecule has 0 spiro atoms. The number of hydrogen-bond acceptors (Lipinski definition) is 5. The zero-order valence-corrected chi connectivity index (χ0v) is 21.4. The van der Waals surface area contributed by atoms with Crippen molar-refractivity contribution in [3.8, 4) is 0 Å². The van der Waals surface area contributed by atoms with Crippen molar-refractivity contribution in [2.45, 2.75) is 64.2 Å². The smallest absolute Gasteiger partial charge is 0.252 e. The summed E-state index contributed by atoms with van der Waals surface area (Å²) in [6.07, 6.45) is 10.9. The summed E-state index contributed by atoms with van der Waals surface area (Å²) in [5.41, 5.74) is 2.89. The monoisotopic (exact) mass is 496 g/mol. The second-order valence-corrected chi connectivity index (χ2v) is 12.2. The van der Waals surface area contributed by atoms with Gasteiger partial charge < -0.3 is 9.88 Å². The van der Waals surface area contributed by atoms with E-state index in [9.17, 15) is 14.4 Å². The number of thiophene rings is 1. The molecular formula is C27H32N2O3S2. The number of fused-ring (bicyclic) bond motifs is 1. The molecule has 34 heavy (non-hydrogen) atoms. The van der Waals surface area contributed by atoms with Crippen LogP contribution < -0.4 is 10.9 Å². The molecule has 7 heteroatoms. The Bertz CT molecular complexity index is 1190. The highest BCUT2D eigenvalue weighted by molar-refractivity contribution is 7.80. The van der Waals surface area contributed by atoms with Crippen LogP contribution in [0.25, 0.3) is 0 Å². The number of carbonyl (C=O) groups excluding carboxylic acids is 2. The molecule has 0 saturated heterocycles. The van der Waals surface area contributed by atoms with Gasteiger partial charge in [-0.3, -0.25) is 14.4 Å². The van der Waals surface area contributed by atoms with Crippen LogP contribution in [0.1, 0.15) is 69.8 Å². The molecule has 0 radical (unpaired) electrons. The zero-order valence-electron chi connectivity index (χ0n) is 19.7. The van der Waals surface area contributed by atoms with E-state index in [4.69, 9.17) is 12.2 Å². The van der Waals surface area contributed by atoms with Crippen molar-refractivity contribution in [3.05, 3.63) is 55.1 Å². The molecule has 2 aromatic rings. The van der Waals surface area contributed by atoms with Crippen LogP contribution in [-0.2, 0) is 37.5 Å². The van der Waals surface area contributed by atoms with E-state index in [0.29, 0.717) is 30.5 Å². The first-order valence-corrected chi connectivity index (χ1v) is 13.7. The molecule has 5 nitrogen and oxygen atoms in total. The third-order valence-electron chi connectivity index (χ3n) is 7.37. The lowest BCUT2D eigenvalue weighted by molar-refractivity contribution is -0.119. The van der Waals surface area contributed by atoms with Crippen LogP contribution in [0.3, 0.4) is 0 Å². The average molecular weight is 497 g/mol. The summed E-state index contributed by atoms with van der Waals surface area (Å²) in [5, 5.41) is 3.15. The summed E-state index contributed by atoms with van der Waals surface area (Å²) < 4.78 is 1.56. The Hall–Kier alpha value is -2.12. The molecule has 5 rings (SSSR count). The highest BCUT2D eigenvalue weighted by atomic mass is 32.1. The van der Waals surface area contributed by atoms with E-state index >= 15 is 0 Å². The van der Waals surface area contributed by atoms with Crippen molar-refractivity contribution >= 4 is 40.1 Å². The Morgan fingerprint density at radius 3 is 2.65 bits per heavy atom. The summed E-state index contributed by atoms with van der Waals surface area (Å²) in [6.45, 7) is 0.740. The molecule has 1 atom stereocenters. The number of aromatic nitrogens is 1. The molecular weight excluding hydrogens is 464 g/mol. The second-order valence-electron chi connectivity index (χ2n) is 10.4. The van der Waals surface area contributed by atoms with Gasteiger partial charge in [-0.25, -0.2) is 0 Å². The lowest BCUT2D eigenvalue weighted by Gasteiger charge is -2.23. The number of aryl methyl sites for hydroxylation is 2. The quantitative estimate of drug-likeness (QED) is 0.500. The molecule has 3 aliphatic carbocycles. The van der Waals surface area contributed by atoms with Crippen LogP contribution in [0.15, 0.2) is 23.1 Å². The fraction of sp³-hybridized carbons (Fsp3) is 0.556. The molecule has 2 aromatic heterocycles. The molecule has 1 amide bonds. The van der Waals surface area contributed by atoms with Gasteiger partial charge in [0.2, 0.25) is 0 Å². The predicted molar refractivity (Wildman–Crippen MR) is 139 cm³/mol. The molecule has 2 heterocycles. The normalized spacial score (nSPS) is 19.5. The van der Waals surface area contributed by atoms with Gasteiger partial charge in [0.25, 0.3) is 11.5 Å². The lowest BCUT2D eigenvalue weighted by Crippen LogP contribution is -2.28. The minimum atomic E-state index is -0.0176. The van der Waals surface area contributed by atoms with Crippen LogP contribution >= 0.6 is 23.6 Å². The Kier molecular flexibility index (Phi) is 6.85. The molecule has 1 N–H and O–H groups in total. The topological polar surface area (TPSA) is 68.2 Å². The molecule has 2 fully saturated rings. The predicted octanol–water partition coefficient (Wildman–Crippen LogP) is 4.22. The third kappa shape index (κ3) is 5.57. The van der Waals surface area contributed by atoms with Crippen molar-refractivity contribution in [2.24, 2.45) is 24.8 Å². The Balaban J connectivity index is 1.30. The van der Waals surface area contributed by atoms with Crippen LogP contribution in [0, 0.1) is 17.8 Å². The van der Waals surface area contributed by atoms with Gasteiger partial charge in [0.05, 0.1) is 5.56 Å². The molecule has 2 saturated carbocycles. The summed E-state index contributed by atoms with van der Waals surface area (Å²) in [4.78, 5) is 41.0. The summed E-state index contributed by atoms with van der Waals surface area (Å²) in [7, 11) is 1.75. The number of nitrogens with zero attached hydrogens (tertiary/aromatic N) is 1. The van der Waals surface area contributed by atoms with E-state index in [2.05, 4.69) is 5.32 Å². The fourth-order valence-corrected chi connectivity index (χ4v) is 6.71. The first-order chi connectivity index (χ1) is 16.4. The van der Waals surface area contributed by atoms with E-state index in [1.807, 2.05) is 6.07 Å². The maximum Gasteiger partial charge on any atom is 0.252 e. The van der Waals surface area contributed by atoms with Crippen molar-refractivity contribution in [1.29, 1.82) is 0 Å². The van der Waals surface area contributed by atoms with Crippen molar-refractivity contribution in [3.63, 3.8) is 0 Å². The number of Topliss-reactive ketones (excluding diaryl/α,β-unsaturated/α-hetero) is 1. The summed E-state index contributed by atoms with van der Waals surface area (Å²) in [5.74, 6) is 1.52. The molecule has 3 aliphatic rings. The summed E-state index contributed by atoms with van der Waals surface area (Å²) in [6, 6.07) is 3.62. The SMILES string of the molecule is Cn1ccc(CC(=S)C[C@H]2CCc3sc(CC(=O)C4CC4)c(C(=O)NCC4CC4)c3C2)cc1=O. The lowest BCUT2D eigenvalue weighted by atomic mass is 9.82. The maximum absolute atomic E-state index is 13.3. The largest absolute Gasteiger partial charge is 0.352 e. The standard InChI is InChI=1S/C27H32N2O3S2/c1-29-9-8-18(13-25(29)31)11-20(33)10-17-4-7-23-21(12-17)26(27(32)28-15-16-2-3-16)24(34-23)14-22(30)19-5-6-19/h8-9,13,16-17,19H,2-7,10-12,14-15H2,1H3,(H,28,32)/t17-/m1/s1. The highest BCUT2D eigenvalue weighted by Gasteiger charge is 2.34. The third-order valence-corrected chi connectivity index (χ3v) is 8.97. The van der Waals surface area contributed by atoms with E-state index < -0.39 is 0 Å². The van der Waals surface area contributed by atoms with Crippen LogP contribution in [0.2, 0.25) is 0 Å². The molecule has 0 aromatic carbocycles. The first kappa shape index (κ1) is 23.6. The van der Waals surface area contributed by atoms with Gasteiger partial charge in [0.15, 0.2) is 0 Å². The molecule has 0 aliphatic heterocycles. The Morgan fingerprint density at radius 1 is 1.15 bits per heavy atom. The average Bonchev–Trinajstić information content (AvgIpc) is 3.71. The number of amides is 1. The number of thiocarbonyl (C=S) groups is 1. The van der Waals surface area contributed by atoms with Gasteiger partial charge >= 0.3 is 0 Å². The first-order valence-electron chi connectivity index (χ1n) is 12.5. The number of rotatable bonds is 10. The number of hydrogen-bond donors (Lipinski definition) is 1. The summed E-state index contributed by atoms with van der Waals surface area (Å²) >= 11 is 7.41. The van der Waals surface area contributed by atoms with Crippen LogP contribution in [0.4, 0.5) is 0 Å². The second kappa shape index (κ2) is 9.86. The number of pyridine rings is 1. The van der Waals surface area contributed by atoms with E-state index in [1.54, 1.807) is 35.2 Å². The van der Waals surface area contributed by atoms with Crippen LogP contribution in [-0.4, -0.2) is 27.7 Å². The van der Waals surface area contributed by atoms with Gasteiger partial charge in [0, 0.05) is 54.4 Å². The molecule has 180 valence electrons. The van der Waals surface area contributed by atoms with Gasteiger partial charge in [-0.15, -0.1) is 11.3 Å². The van der Waals surface area contributed by atoms with Gasteiger partial charge in [-0.2, -0.15) is 0 Å². The zero-order chi connectivity index (χ0) is 23.8. The molecule has 0 unspecified atom stereocenters. The fourth-order valence-electron chi connectivity index (χ4n) is 4.95. The van der Waals surface area contributed by atoms with E-state index in [0.717, 1.165) is 71.5 Å². The Labute approximate surface area is 210 Å². The maximum atomic E-state index is 13.3. The number of nitrogens with one attached hydrogen (secondary N) is 1. The van der Waals surface area contributed by atoms with Crippen LogP contribution in [0.5, 0.6) is 0 Å². The van der Waals surface area contributed by atoms with Gasteiger partial charge in [0.1, 0.15) is 5.78 Å². The van der Waals surface area contributed by atoms with Gasteiger partial charge in [-0.1, -0.05) is 12.2 Å². The van der Waals surface area contributed by atoms with Crippen molar-refractivity contribution < 1.29 is 9.59 Å². The number of ketones is 1. The molecule has 0 bridgehead atoms. The number of carbonyl (C=O) groups is 2. The highest BCUT2D eigenvalue weighted by Crippen LogP contribution is 2.40. The van der Waals surface area contributed by atoms with Gasteiger partial charge in [-0.05, 0) is 85.3 Å². The minimum absolute atomic E-state index is 0.00588. The minimum Gasteiger partial charge on any atom is -0.352 e. The Morgan fingerprint density at radius 2 is 1.94 bits per heavy atom. The van der Waals surface area contributed by atoms with E-state index in [1.165, 1.54) is 17.7 Å². The van der Waals surface area contributed by atoms with Crippen molar-refractivity contribution in [2.75, 3.05) is 6.54 Å². The van der Waals surface area contributed by atoms with E-state index in [-0.39, 0.29) is 17.4 Å². The van der Waals surface area contributed by atoms with Crippen molar-refractivity contribution in [1.82, 2.24) is 9.88 Å².